The number of rotatable bonds is 9. The monoisotopic (exact) mass is 359 g/mol. The van der Waals surface area contributed by atoms with E-state index in [-0.39, 0.29) is 18.1 Å². The first-order valence-electron chi connectivity index (χ1n) is 7.20. The van der Waals surface area contributed by atoms with E-state index in [9.17, 15) is 19.5 Å². The summed E-state index contributed by atoms with van der Waals surface area (Å²) in [7, 11) is 0. The van der Waals surface area contributed by atoms with Crippen molar-refractivity contribution >= 4 is 17.9 Å². The molecule has 1 aromatic heterocycles. The van der Waals surface area contributed by atoms with Crippen molar-refractivity contribution in [2.75, 3.05) is 6.61 Å². The van der Waals surface area contributed by atoms with Gasteiger partial charge < -0.3 is 42.4 Å². The normalized spacial score (nSPS) is 15.7. The first-order valence-corrected chi connectivity index (χ1v) is 7.20. The quantitative estimate of drug-likeness (QED) is 0.222. The Morgan fingerprint density at radius 1 is 1.24 bits per heavy atom. The van der Waals surface area contributed by atoms with E-state index in [1.165, 1.54) is 6.92 Å². The number of hydrogen-bond acceptors (Lipinski definition) is 8. The number of carbonyl (C=O) groups excluding carboxylic acids is 2. The number of aromatic amines is 1. The van der Waals surface area contributed by atoms with Gasteiger partial charge in [-0.1, -0.05) is 0 Å². The number of carbonyl (C=O) groups is 3. The summed E-state index contributed by atoms with van der Waals surface area (Å²) >= 11 is 0. The Hall–Kier alpha value is -2.77. The first kappa shape index (κ1) is 20.3. The van der Waals surface area contributed by atoms with Crippen molar-refractivity contribution in [3.8, 4) is 0 Å². The summed E-state index contributed by atoms with van der Waals surface area (Å²) < 4.78 is 0. The average molecular weight is 359 g/mol. The highest BCUT2D eigenvalue weighted by molar-refractivity contribution is 5.83. The van der Waals surface area contributed by atoms with E-state index >= 15 is 0 Å². The molecule has 1 heterocycles. The van der Waals surface area contributed by atoms with Crippen LogP contribution in [0.25, 0.3) is 0 Å². The van der Waals surface area contributed by atoms with E-state index in [0.29, 0.717) is 0 Å². The van der Waals surface area contributed by atoms with Gasteiger partial charge in [0.25, 0.3) is 0 Å². The van der Waals surface area contributed by atoms with E-state index in [1.54, 1.807) is 0 Å². The molecule has 0 saturated heterocycles. The third-order valence-electron chi connectivity index (χ3n) is 3.15. The molecule has 4 unspecified atom stereocenters. The van der Waals surface area contributed by atoms with Gasteiger partial charge in [0.05, 0.1) is 31.2 Å². The molecule has 1 rings (SSSR count). The summed E-state index contributed by atoms with van der Waals surface area (Å²) in [6.07, 6.45) is -1.71. The second kappa shape index (κ2) is 8.91. The molecule has 0 bridgehead atoms. The van der Waals surface area contributed by atoms with Crippen LogP contribution in [-0.4, -0.2) is 67.2 Å². The number of primary amides is 1. The Labute approximate surface area is 141 Å². The summed E-state index contributed by atoms with van der Waals surface area (Å²) in [5.74, 6) is -2.04. The van der Waals surface area contributed by atoms with Crippen molar-refractivity contribution in [2.45, 2.75) is 37.6 Å². The summed E-state index contributed by atoms with van der Waals surface area (Å²) in [6, 6.07) is -4.41. The molecular weight excluding hydrogens is 338 g/mol. The highest BCUT2D eigenvalue weighted by atomic mass is 16.4. The van der Waals surface area contributed by atoms with Crippen molar-refractivity contribution in [2.24, 2.45) is 11.5 Å². The number of H-pyrrole nitrogens is 1. The Morgan fingerprint density at radius 3 is 2.32 bits per heavy atom. The van der Waals surface area contributed by atoms with Gasteiger partial charge in [-0.15, -0.1) is 10.2 Å². The predicted molar refractivity (Wildman–Crippen MR) is 81.7 cm³/mol. The molecule has 1 aromatic rings. The highest BCUT2D eigenvalue weighted by Gasteiger charge is 2.28. The fraction of sp³-hybridized carbons (Fsp3) is 0.583. The maximum Gasteiger partial charge on any atom is 0.328 e. The van der Waals surface area contributed by atoms with Crippen molar-refractivity contribution < 1.29 is 29.7 Å². The lowest BCUT2D eigenvalue weighted by Gasteiger charge is -2.20. The molecule has 4 atom stereocenters. The molecular formula is C12H21N7O6. The number of nitrogens with one attached hydrogen (secondary N) is 3. The van der Waals surface area contributed by atoms with Gasteiger partial charge in [0.2, 0.25) is 5.91 Å². The van der Waals surface area contributed by atoms with Gasteiger partial charge in [-0.25, -0.2) is 9.59 Å². The minimum absolute atomic E-state index is 0.0387. The fourth-order valence-electron chi connectivity index (χ4n) is 1.85. The topological polar surface area (TPSA) is 230 Å². The zero-order valence-electron chi connectivity index (χ0n) is 13.3. The molecule has 10 N–H and O–H groups in total. The van der Waals surface area contributed by atoms with Crippen LogP contribution in [0.15, 0.2) is 0 Å². The Morgan fingerprint density at radius 2 is 1.84 bits per heavy atom. The van der Waals surface area contributed by atoms with Gasteiger partial charge in [0.15, 0.2) is 11.9 Å². The van der Waals surface area contributed by atoms with Crippen LogP contribution in [0.1, 0.15) is 37.1 Å². The molecule has 13 heteroatoms. The Bertz CT molecular complexity index is 619. The molecule has 3 amide bonds. The van der Waals surface area contributed by atoms with Crippen LogP contribution in [0.2, 0.25) is 0 Å². The fourth-order valence-corrected chi connectivity index (χ4v) is 1.85. The van der Waals surface area contributed by atoms with Crippen LogP contribution in [-0.2, 0) is 9.59 Å². The zero-order chi connectivity index (χ0) is 19.1. The van der Waals surface area contributed by atoms with Gasteiger partial charge in [0.1, 0.15) is 5.82 Å². The number of aliphatic carboxylic acids is 1. The molecule has 25 heavy (non-hydrogen) atoms. The number of aromatic nitrogens is 3. The van der Waals surface area contributed by atoms with Gasteiger partial charge in [-0.3, -0.25) is 4.79 Å². The first-order chi connectivity index (χ1) is 11.6. The lowest BCUT2D eigenvalue weighted by molar-refractivity contribution is -0.141. The Balaban J connectivity index is 2.89. The molecule has 0 aliphatic heterocycles. The number of nitrogens with zero attached hydrogens (tertiary/aromatic N) is 2. The predicted octanol–water partition coefficient (Wildman–Crippen LogP) is -3.15. The largest absolute Gasteiger partial charge is 0.480 e. The molecule has 0 radical (unpaired) electrons. The molecule has 0 fully saturated rings. The van der Waals surface area contributed by atoms with E-state index in [2.05, 4.69) is 25.8 Å². The van der Waals surface area contributed by atoms with E-state index in [1.807, 2.05) is 0 Å². The molecule has 0 aromatic carbocycles. The smallest absolute Gasteiger partial charge is 0.328 e. The number of nitrogens with two attached hydrogens (primary N) is 2. The summed E-state index contributed by atoms with van der Waals surface area (Å²) in [4.78, 5) is 36.8. The van der Waals surface area contributed by atoms with Crippen LogP contribution < -0.4 is 22.1 Å². The minimum Gasteiger partial charge on any atom is -0.480 e. The lowest BCUT2D eigenvalue weighted by atomic mass is 10.1. The molecule has 0 aliphatic rings. The van der Waals surface area contributed by atoms with E-state index in [4.69, 9.17) is 21.7 Å². The number of aliphatic hydroxyl groups excluding tert-OH is 2. The number of carboxylic acids is 1. The summed E-state index contributed by atoms with van der Waals surface area (Å²) in [5.41, 5.74) is 10.7. The van der Waals surface area contributed by atoms with Crippen molar-refractivity contribution in [3.63, 3.8) is 0 Å². The maximum absolute atomic E-state index is 11.9. The van der Waals surface area contributed by atoms with E-state index < -0.39 is 48.7 Å². The summed E-state index contributed by atoms with van der Waals surface area (Å²) in [6.45, 7) is 0.788. The molecule has 0 spiro atoms. The zero-order valence-corrected chi connectivity index (χ0v) is 13.3. The van der Waals surface area contributed by atoms with Crippen LogP contribution in [0.5, 0.6) is 0 Å². The SMILES string of the molecule is CC(O)C(NC(=O)NC(CC(N)=O)c1nnc(C(N)CO)[nH]1)C(=O)O. The minimum atomic E-state index is -1.55. The van der Waals surface area contributed by atoms with Gasteiger partial charge in [0, 0.05) is 0 Å². The maximum atomic E-state index is 11.9. The number of urea groups is 1. The van der Waals surface area contributed by atoms with Crippen molar-refractivity contribution in [1.82, 2.24) is 25.8 Å². The molecule has 0 aliphatic carbocycles. The third-order valence-corrected chi connectivity index (χ3v) is 3.15. The summed E-state index contributed by atoms with van der Waals surface area (Å²) in [5, 5.41) is 39.1. The van der Waals surface area contributed by atoms with Crippen LogP contribution in [0, 0.1) is 0 Å². The molecule has 140 valence electrons. The van der Waals surface area contributed by atoms with Gasteiger partial charge in [-0.2, -0.15) is 0 Å². The van der Waals surface area contributed by atoms with Crippen molar-refractivity contribution in [1.29, 1.82) is 0 Å². The third kappa shape index (κ3) is 5.98. The number of hydrogen-bond donors (Lipinski definition) is 8. The molecule has 0 saturated carbocycles. The lowest BCUT2D eigenvalue weighted by Crippen LogP contribution is -2.52. The van der Waals surface area contributed by atoms with Crippen molar-refractivity contribution in [3.05, 3.63) is 11.6 Å². The second-order valence-electron chi connectivity index (χ2n) is 5.28. The number of amides is 3. The average Bonchev–Trinajstić information content (AvgIpc) is 3.00. The van der Waals surface area contributed by atoms with Gasteiger partial charge in [-0.05, 0) is 6.92 Å². The molecule has 13 nitrogen and oxygen atoms in total. The number of carboxylic acid groups (broad SMARTS) is 1. The highest BCUT2D eigenvalue weighted by Crippen LogP contribution is 2.14. The van der Waals surface area contributed by atoms with Crippen LogP contribution in [0.3, 0.4) is 0 Å². The van der Waals surface area contributed by atoms with Crippen LogP contribution in [0.4, 0.5) is 4.79 Å². The van der Waals surface area contributed by atoms with Gasteiger partial charge >= 0.3 is 12.0 Å². The number of aliphatic hydroxyl groups is 2. The van der Waals surface area contributed by atoms with E-state index in [0.717, 1.165) is 0 Å². The standard InChI is InChI=1S/C12H21N7O6/c1-4(21)8(11(23)24)16-12(25)15-6(2-7(14)22)10-17-9(18-19-10)5(13)3-20/h4-6,8,20-21H,2-3,13H2,1H3,(H2,14,22)(H,23,24)(H2,15,16,25)(H,17,18,19). The Kier molecular flexibility index (Phi) is 7.22. The van der Waals surface area contributed by atoms with Crippen LogP contribution >= 0.6 is 0 Å². The second-order valence-corrected chi connectivity index (χ2v) is 5.28.